The summed E-state index contributed by atoms with van der Waals surface area (Å²) in [5, 5.41) is 7.05. The number of carbonyl (C=O) groups is 2. The second kappa shape index (κ2) is 10.00. The zero-order valence-corrected chi connectivity index (χ0v) is 18.9. The molecular formula is C23H24N2O4S2. The molecule has 8 heteroatoms. The smallest absolute Gasteiger partial charge is 0.251 e. The lowest BCUT2D eigenvalue weighted by Gasteiger charge is -2.13. The predicted octanol–water partition coefficient (Wildman–Crippen LogP) is 3.79. The van der Waals surface area contributed by atoms with Gasteiger partial charge in [-0.2, -0.15) is 11.3 Å². The molecule has 3 aromatic rings. The van der Waals surface area contributed by atoms with Crippen molar-refractivity contribution in [2.45, 2.75) is 37.8 Å². The Labute approximate surface area is 186 Å². The minimum Gasteiger partial charge on any atom is -0.349 e. The molecule has 0 fully saturated rings. The van der Waals surface area contributed by atoms with Gasteiger partial charge in [-0.25, -0.2) is 13.1 Å². The monoisotopic (exact) mass is 456 g/mol. The van der Waals surface area contributed by atoms with Crippen LogP contribution in [0.5, 0.6) is 0 Å². The van der Waals surface area contributed by atoms with Crippen molar-refractivity contribution in [3.63, 3.8) is 0 Å². The average molecular weight is 457 g/mol. The molecule has 2 N–H and O–H groups in total. The zero-order valence-electron chi connectivity index (χ0n) is 17.3. The second-order valence-electron chi connectivity index (χ2n) is 7.31. The maximum absolute atomic E-state index is 12.5. The summed E-state index contributed by atoms with van der Waals surface area (Å²) in [4.78, 5) is 23.8. The lowest BCUT2D eigenvalue weighted by Crippen LogP contribution is -2.34. The summed E-state index contributed by atoms with van der Waals surface area (Å²) in [5.74, 6) is -0.290. The Hall–Kier alpha value is -2.81. The van der Waals surface area contributed by atoms with Gasteiger partial charge in [0.25, 0.3) is 5.91 Å². The van der Waals surface area contributed by atoms with Crippen LogP contribution in [0.3, 0.4) is 0 Å². The first-order valence-electron chi connectivity index (χ1n) is 9.76. The van der Waals surface area contributed by atoms with Crippen molar-refractivity contribution >= 4 is 33.1 Å². The van der Waals surface area contributed by atoms with Crippen LogP contribution in [0.4, 0.5) is 0 Å². The number of hydrogen-bond donors (Lipinski definition) is 2. The molecular weight excluding hydrogens is 432 g/mol. The molecule has 1 unspecified atom stereocenters. The summed E-state index contributed by atoms with van der Waals surface area (Å²) in [5.41, 5.74) is 2.89. The van der Waals surface area contributed by atoms with Crippen molar-refractivity contribution in [3.05, 3.63) is 87.6 Å². The van der Waals surface area contributed by atoms with Gasteiger partial charge in [0.15, 0.2) is 5.78 Å². The molecule has 31 heavy (non-hydrogen) atoms. The SMILES string of the molecule is CC(=O)c1ccc(S(=O)(=O)NCc2ccc(C(=O)NC(C)Cc3ccsc3)cc2)cc1. The summed E-state index contributed by atoms with van der Waals surface area (Å²) in [6.45, 7) is 3.48. The summed E-state index contributed by atoms with van der Waals surface area (Å²) >= 11 is 1.63. The number of carbonyl (C=O) groups excluding carboxylic acids is 2. The Kier molecular flexibility index (Phi) is 7.37. The number of sulfonamides is 1. The van der Waals surface area contributed by atoms with Crippen molar-refractivity contribution in [3.8, 4) is 0 Å². The molecule has 1 amide bonds. The van der Waals surface area contributed by atoms with E-state index in [0.717, 1.165) is 12.0 Å². The van der Waals surface area contributed by atoms with Crippen LogP contribution in [0.25, 0.3) is 0 Å². The topological polar surface area (TPSA) is 92.3 Å². The fourth-order valence-corrected chi connectivity index (χ4v) is 4.72. The van der Waals surface area contributed by atoms with Crippen LogP contribution < -0.4 is 10.0 Å². The largest absolute Gasteiger partial charge is 0.349 e. The Morgan fingerprint density at radius 1 is 0.935 bits per heavy atom. The molecule has 0 aliphatic carbocycles. The van der Waals surface area contributed by atoms with Crippen LogP contribution in [0, 0.1) is 0 Å². The van der Waals surface area contributed by atoms with Crippen LogP contribution in [0.15, 0.2) is 70.3 Å². The second-order valence-corrected chi connectivity index (χ2v) is 9.86. The molecule has 2 aromatic carbocycles. The van der Waals surface area contributed by atoms with Crippen molar-refractivity contribution in [1.29, 1.82) is 0 Å². The van der Waals surface area contributed by atoms with Crippen LogP contribution >= 0.6 is 11.3 Å². The molecule has 162 valence electrons. The first-order valence-corrected chi connectivity index (χ1v) is 12.2. The number of nitrogens with one attached hydrogen (secondary N) is 2. The van der Waals surface area contributed by atoms with Crippen LogP contribution in [0.2, 0.25) is 0 Å². The van der Waals surface area contributed by atoms with E-state index in [1.54, 1.807) is 35.6 Å². The minimum absolute atomic E-state index is 0.00276. The number of thiophene rings is 1. The maximum atomic E-state index is 12.5. The van der Waals surface area contributed by atoms with Gasteiger partial charge in [-0.15, -0.1) is 0 Å². The standard InChI is InChI=1S/C23H24N2O4S2/c1-16(13-19-11-12-30-15-19)25-23(27)21-5-3-18(4-6-21)14-24-31(28,29)22-9-7-20(8-10-22)17(2)26/h3-12,15-16,24H,13-14H2,1-2H3,(H,25,27). The third kappa shape index (κ3) is 6.33. The lowest BCUT2D eigenvalue weighted by molar-refractivity contribution is 0.0939. The van der Waals surface area contributed by atoms with Crippen molar-refractivity contribution in [2.75, 3.05) is 0 Å². The third-order valence-corrected chi connectivity index (χ3v) is 6.90. The number of benzene rings is 2. The van der Waals surface area contributed by atoms with E-state index in [1.807, 2.05) is 18.4 Å². The molecule has 0 saturated heterocycles. The van der Waals surface area contributed by atoms with Gasteiger partial charge in [-0.05, 0) is 72.5 Å². The molecule has 3 rings (SSSR count). The maximum Gasteiger partial charge on any atom is 0.251 e. The molecule has 1 aromatic heterocycles. The highest BCUT2D eigenvalue weighted by atomic mass is 32.2. The molecule has 1 heterocycles. The van der Waals surface area contributed by atoms with Crippen molar-refractivity contribution < 1.29 is 18.0 Å². The van der Waals surface area contributed by atoms with Crippen molar-refractivity contribution in [2.24, 2.45) is 0 Å². The quantitative estimate of drug-likeness (QED) is 0.479. The molecule has 1 atom stereocenters. The molecule has 0 aliphatic rings. The number of ketones is 1. The highest BCUT2D eigenvalue weighted by Gasteiger charge is 2.15. The Balaban J connectivity index is 1.56. The fourth-order valence-electron chi connectivity index (χ4n) is 3.02. The first kappa shape index (κ1) is 22.9. The number of amides is 1. The van der Waals surface area contributed by atoms with Gasteiger partial charge in [-0.1, -0.05) is 24.3 Å². The molecule has 0 spiro atoms. The molecule has 0 saturated carbocycles. The Morgan fingerprint density at radius 3 is 2.16 bits per heavy atom. The van der Waals surface area contributed by atoms with E-state index in [-0.39, 0.29) is 29.2 Å². The van der Waals surface area contributed by atoms with E-state index in [2.05, 4.69) is 15.4 Å². The summed E-state index contributed by atoms with van der Waals surface area (Å²) in [6, 6.07) is 14.6. The molecule has 0 radical (unpaired) electrons. The van der Waals surface area contributed by atoms with E-state index < -0.39 is 10.0 Å². The molecule has 6 nitrogen and oxygen atoms in total. The number of hydrogen-bond acceptors (Lipinski definition) is 5. The fraction of sp³-hybridized carbons (Fsp3) is 0.217. The van der Waals surface area contributed by atoms with Gasteiger partial charge in [0.05, 0.1) is 4.90 Å². The van der Waals surface area contributed by atoms with E-state index in [0.29, 0.717) is 11.1 Å². The molecule has 0 aliphatic heterocycles. The predicted molar refractivity (Wildman–Crippen MR) is 122 cm³/mol. The van der Waals surface area contributed by atoms with Gasteiger partial charge < -0.3 is 5.32 Å². The number of rotatable bonds is 9. The summed E-state index contributed by atoms with van der Waals surface area (Å²) in [7, 11) is -3.71. The lowest BCUT2D eigenvalue weighted by atomic mass is 10.1. The number of Topliss-reactive ketones (excluding diaryl/α,β-unsaturated/α-hetero) is 1. The van der Waals surface area contributed by atoms with Gasteiger partial charge in [0.2, 0.25) is 10.0 Å². The van der Waals surface area contributed by atoms with E-state index >= 15 is 0 Å². The zero-order chi connectivity index (χ0) is 22.4. The van der Waals surface area contributed by atoms with Crippen LogP contribution in [0.1, 0.15) is 45.7 Å². The summed E-state index contributed by atoms with van der Waals surface area (Å²) < 4.78 is 27.4. The summed E-state index contributed by atoms with van der Waals surface area (Å²) in [6.07, 6.45) is 0.766. The average Bonchev–Trinajstić information content (AvgIpc) is 3.25. The first-order chi connectivity index (χ1) is 14.7. The highest BCUT2D eigenvalue weighted by molar-refractivity contribution is 7.89. The van der Waals surface area contributed by atoms with Crippen molar-refractivity contribution in [1.82, 2.24) is 10.0 Å². The van der Waals surface area contributed by atoms with Crippen LogP contribution in [-0.4, -0.2) is 26.2 Å². The Morgan fingerprint density at radius 2 is 1.58 bits per heavy atom. The molecule has 0 bridgehead atoms. The normalized spacial score (nSPS) is 12.3. The van der Waals surface area contributed by atoms with Gasteiger partial charge in [0.1, 0.15) is 0 Å². The van der Waals surface area contributed by atoms with Crippen LogP contribution in [-0.2, 0) is 23.0 Å². The highest BCUT2D eigenvalue weighted by Crippen LogP contribution is 2.13. The van der Waals surface area contributed by atoms with Gasteiger partial charge >= 0.3 is 0 Å². The third-order valence-electron chi connectivity index (χ3n) is 4.75. The van der Waals surface area contributed by atoms with E-state index in [9.17, 15) is 18.0 Å². The van der Waals surface area contributed by atoms with E-state index in [1.165, 1.54) is 36.8 Å². The Bertz CT molecular complexity index is 1140. The van der Waals surface area contributed by atoms with Gasteiger partial charge in [0, 0.05) is 23.7 Å². The van der Waals surface area contributed by atoms with Gasteiger partial charge in [-0.3, -0.25) is 9.59 Å². The van der Waals surface area contributed by atoms with E-state index in [4.69, 9.17) is 0 Å². The minimum atomic E-state index is -3.71.